The maximum atomic E-state index is 14.0. The Balaban J connectivity index is 1.69. The van der Waals surface area contributed by atoms with Crippen molar-refractivity contribution in [2.75, 3.05) is 5.73 Å². The molecule has 2 N–H and O–H groups in total. The third kappa shape index (κ3) is 3.32. The van der Waals surface area contributed by atoms with Gasteiger partial charge in [0.2, 0.25) is 5.82 Å². The number of anilines is 1. The Morgan fingerprint density at radius 1 is 0.846 bits per heavy atom. The molecule has 0 saturated heterocycles. The molecule has 0 aliphatic heterocycles. The summed E-state index contributed by atoms with van der Waals surface area (Å²) in [5.41, 5.74) is 7.56. The van der Waals surface area contributed by atoms with Gasteiger partial charge in [0.25, 0.3) is 5.89 Å². The molecule has 0 fully saturated rings. The summed E-state index contributed by atoms with van der Waals surface area (Å²) in [6, 6.07) is 21.7. The molecule has 4 nitrogen and oxygen atoms in total. The van der Waals surface area contributed by atoms with Crippen LogP contribution in [0.4, 0.5) is 10.1 Å². The predicted octanol–water partition coefficient (Wildman–Crippen LogP) is 5.28. The largest absolute Gasteiger partial charge is 0.399 e. The molecular weight excluding hydrogens is 349 g/mol. The van der Waals surface area contributed by atoms with E-state index in [2.05, 4.69) is 10.1 Å². The van der Waals surface area contributed by atoms with Crippen LogP contribution in [0.1, 0.15) is 0 Å². The van der Waals surface area contributed by atoms with Gasteiger partial charge in [-0.25, -0.2) is 4.39 Å². The lowest BCUT2D eigenvalue weighted by Gasteiger charge is -2.06. The minimum Gasteiger partial charge on any atom is -0.399 e. The number of hydrogen-bond acceptors (Lipinski definition) is 5. The van der Waals surface area contributed by atoms with Crippen LogP contribution in [0.15, 0.2) is 87.1 Å². The van der Waals surface area contributed by atoms with Gasteiger partial charge in [-0.2, -0.15) is 4.98 Å². The first-order chi connectivity index (χ1) is 12.7. The number of aromatic nitrogens is 2. The van der Waals surface area contributed by atoms with Gasteiger partial charge in [-0.05, 0) is 48.5 Å². The zero-order chi connectivity index (χ0) is 17.9. The SMILES string of the molecule is Nc1ccc(Sc2ccccc2-c2nc(-c3ccccc3F)no2)cc1. The summed E-state index contributed by atoms with van der Waals surface area (Å²) < 4.78 is 19.3. The zero-order valence-corrected chi connectivity index (χ0v) is 14.4. The van der Waals surface area contributed by atoms with Crippen LogP contribution in [-0.4, -0.2) is 10.1 Å². The van der Waals surface area contributed by atoms with Crippen molar-refractivity contribution in [3.05, 3.63) is 78.6 Å². The molecule has 128 valence electrons. The molecule has 26 heavy (non-hydrogen) atoms. The van der Waals surface area contributed by atoms with Crippen LogP contribution in [0.2, 0.25) is 0 Å². The van der Waals surface area contributed by atoms with Crippen molar-refractivity contribution < 1.29 is 8.91 Å². The number of hydrogen-bond donors (Lipinski definition) is 1. The van der Waals surface area contributed by atoms with E-state index in [0.29, 0.717) is 17.1 Å². The molecule has 0 bridgehead atoms. The third-order valence-electron chi connectivity index (χ3n) is 3.77. The van der Waals surface area contributed by atoms with Crippen LogP contribution >= 0.6 is 11.8 Å². The van der Waals surface area contributed by atoms with Gasteiger partial charge >= 0.3 is 0 Å². The monoisotopic (exact) mass is 363 g/mol. The van der Waals surface area contributed by atoms with E-state index in [1.165, 1.54) is 6.07 Å². The Kier molecular flexibility index (Phi) is 4.41. The van der Waals surface area contributed by atoms with Gasteiger partial charge in [0.1, 0.15) is 5.82 Å². The molecule has 0 amide bonds. The Labute approximate surface area is 153 Å². The van der Waals surface area contributed by atoms with Crippen molar-refractivity contribution in [1.29, 1.82) is 0 Å². The van der Waals surface area contributed by atoms with Gasteiger partial charge in [-0.3, -0.25) is 0 Å². The van der Waals surface area contributed by atoms with Crippen molar-refractivity contribution in [1.82, 2.24) is 10.1 Å². The molecule has 1 heterocycles. The topological polar surface area (TPSA) is 64.9 Å². The van der Waals surface area contributed by atoms with Crippen molar-refractivity contribution in [3.63, 3.8) is 0 Å². The molecular formula is C20H14FN3OS. The summed E-state index contributed by atoms with van der Waals surface area (Å²) in [6.07, 6.45) is 0. The fourth-order valence-electron chi connectivity index (χ4n) is 2.48. The fraction of sp³-hybridized carbons (Fsp3) is 0. The van der Waals surface area contributed by atoms with Crippen LogP contribution in [0, 0.1) is 5.82 Å². The molecule has 4 rings (SSSR count). The summed E-state index contributed by atoms with van der Waals surface area (Å²) >= 11 is 1.57. The molecule has 0 radical (unpaired) electrons. The molecule has 0 aliphatic rings. The summed E-state index contributed by atoms with van der Waals surface area (Å²) in [6.45, 7) is 0. The average molecular weight is 363 g/mol. The molecule has 0 spiro atoms. The molecule has 0 saturated carbocycles. The van der Waals surface area contributed by atoms with Crippen LogP contribution in [0.3, 0.4) is 0 Å². The first kappa shape index (κ1) is 16.4. The second-order valence-electron chi connectivity index (χ2n) is 5.57. The quantitative estimate of drug-likeness (QED) is 0.500. The van der Waals surface area contributed by atoms with Crippen LogP contribution in [0.5, 0.6) is 0 Å². The van der Waals surface area contributed by atoms with Gasteiger partial charge in [-0.15, -0.1) is 0 Å². The normalized spacial score (nSPS) is 10.8. The number of nitrogen functional groups attached to an aromatic ring is 1. The molecule has 0 atom stereocenters. The van der Waals surface area contributed by atoms with Gasteiger partial charge in [0.05, 0.1) is 11.1 Å². The minimum atomic E-state index is -0.385. The molecule has 0 unspecified atom stereocenters. The van der Waals surface area contributed by atoms with E-state index in [-0.39, 0.29) is 11.6 Å². The molecule has 0 aliphatic carbocycles. The van der Waals surface area contributed by atoms with E-state index in [4.69, 9.17) is 10.3 Å². The highest BCUT2D eigenvalue weighted by Crippen LogP contribution is 2.36. The van der Waals surface area contributed by atoms with Gasteiger partial charge < -0.3 is 10.3 Å². The maximum absolute atomic E-state index is 14.0. The minimum absolute atomic E-state index is 0.227. The van der Waals surface area contributed by atoms with Crippen LogP contribution in [0.25, 0.3) is 22.8 Å². The lowest BCUT2D eigenvalue weighted by molar-refractivity contribution is 0.431. The standard InChI is InChI=1S/C20H14FN3OS/c21-17-7-3-1-5-15(17)19-23-20(25-24-19)16-6-2-4-8-18(16)26-14-11-9-13(22)10-12-14/h1-12H,22H2. The average Bonchev–Trinajstić information content (AvgIpc) is 3.14. The third-order valence-corrected chi connectivity index (χ3v) is 4.85. The lowest BCUT2D eigenvalue weighted by atomic mass is 10.2. The summed E-state index contributed by atoms with van der Waals surface area (Å²) in [4.78, 5) is 6.38. The first-order valence-electron chi connectivity index (χ1n) is 7.92. The van der Waals surface area contributed by atoms with Gasteiger partial charge in [0, 0.05) is 15.5 Å². The molecule has 4 aromatic rings. The Hall–Kier alpha value is -3.12. The maximum Gasteiger partial charge on any atom is 0.259 e. The lowest BCUT2D eigenvalue weighted by Crippen LogP contribution is -1.87. The second kappa shape index (κ2) is 7.01. The van der Waals surface area contributed by atoms with E-state index in [0.717, 1.165) is 15.4 Å². The molecule has 6 heteroatoms. The number of nitrogens with two attached hydrogens (primary N) is 1. The Morgan fingerprint density at radius 2 is 1.54 bits per heavy atom. The van der Waals surface area contributed by atoms with E-state index < -0.39 is 0 Å². The van der Waals surface area contributed by atoms with Crippen molar-refractivity contribution in [3.8, 4) is 22.8 Å². The highest BCUT2D eigenvalue weighted by Gasteiger charge is 2.16. The summed E-state index contributed by atoms with van der Waals surface area (Å²) in [5.74, 6) is 0.191. The number of benzene rings is 3. The second-order valence-corrected chi connectivity index (χ2v) is 6.69. The van der Waals surface area contributed by atoms with Gasteiger partial charge in [0.15, 0.2) is 0 Å². The predicted molar refractivity (Wildman–Crippen MR) is 100 cm³/mol. The van der Waals surface area contributed by atoms with Crippen molar-refractivity contribution in [2.24, 2.45) is 0 Å². The van der Waals surface area contributed by atoms with E-state index >= 15 is 0 Å². The Bertz CT molecular complexity index is 1050. The van der Waals surface area contributed by atoms with E-state index in [1.54, 1.807) is 30.0 Å². The number of rotatable bonds is 4. The fourth-order valence-corrected chi connectivity index (χ4v) is 3.42. The Morgan fingerprint density at radius 3 is 2.31 bits per heavy atom. The molecule has 1 aromatic heterocycles. The van der Waals surface area contributed by atoms with Crippen LogP contribution in [-0.2, 0) is 0 Å². The van der Waals surface area contributed by atoms with E-state index in [9.17, 15) is 4.39 Å². The number of nitrogens with zero attached hydrogens (tertiary/aromatic N) is 2. The summed E-state index contributed by atoms with van der Waals surface area (Å²) in [5, 5.41) is 3.93. The highest BCUT2D eigenvalue weighted by molar-refractivity contribution is 7.99. The molecule has 3 aromatic carbocycles. The van der Waals surface area contributed by atoms with E-state index in [1.807, 2.05) is 48.5 Å². The first-order valence-corrected chi connectivity index (χ1v) is 8.74. The van der Waals surface area contributed by atoms with Crippen LogP contribution < -0.4 is 5.73 Å². The van der Waals surface area contributed by atoms with Crippen molar-refractivity contribution in [2.45, 2.75) is 9.79 Å². The number of halogens is 1. The zero-order valence-electron chi connectivity index (χ0n) is 13.6. The van der Waals surface area contributed by atoms with Gasteiger partial charge in [-0.1, -0.05) is 41.2 Å². The summed E-state index contributed by atoms with van der Waals surface area (Å²) in [7, 11) is 0. The smallest absolute Gasteiger partial charge is 0.259 e. The highest BCUT2D eigenvalue weighted by atomic mass is 32.2. The van der Waals surface area contributed by atoms with Crippen molar-refractivity contribution >= 4 is 17.4 Å².